The zero-order valence-electron chi connectivity index (χ0n) is 12.0. The molecule has 0 bridgehead atoms. The van der Waals surface area contributed by atoms with Crippen molar-refractivity contribution in [3.8, 4) is 0 Å². The predicted octanol–water partition coefficient (Wildman–Crippen LogP) is 3.14. The summed E-state index contributed by atoms with van der Waals surface area (Å²) < 4.78 is 12.8. The minimum Gasteiger partial charge on any atom is -0.357 e. The summed E-state index contributed by atoms with van der Waals surface area (Å²) in [6, 6.07) is 14.6. The highest BCUT2D eigenvalue weighted by Gasteiger charge is 2.16. The molecule has 5 heteroatoms. The van der Waals surface area contributed by atoms with E-state index in [1.807, 2.05) is 12.1 Å². The van der Waals surface area contributed by atoms with Gasteiger partial charge in [-0.25, -0.2) is 4.39 Å². The Labute approximate surface area is 134 Å². The van der Waals surface area contributed by atoms with E-state index in [0.717, 1.165) is 24.1 Å². The number of rotatable bonds is 3. The van der Waals surface area contributed by atoms with Crippen molar-refractivity contribution < 1.29 is 4.39 Å². The van der Waals surface area contributed by atoms with Crippen LogP contribution in [0.4, 0.5) is 4.39 Å². The van der Waals surface area contributed by atoms with Crippen molar-refractivity contribution in [2.24, 2.45) is 5.10 Å². The lowest BCUT2D eigenvalue weighted by atomic mass is 10.1. The standard InChI is InChI=1S/C17H16FN3S/c18-14-8-5-12(6-9-14)11-19-17(22)21-20-16-10-7-13-3-1-2-4-15(13)16/h1-6,8-9H,7,10-11H2,(H2,19,21,22)/b20-16-. The number of fused-ring (bicyclic) bond motifs is 1. The number of halogens is 1. The molecule has 112 valence electrons. The quantitative estimate of drug-likeness (QED) is 0.675. The van der Waals surface area contributed by atoms with E-state index in [9.17, 15) is 4.39 Å². The van der Waals surface area contributed by atoms with Gasteiger partial charge in [-0.2, -0.15) is 5.10 Å². The Morgan fingerprint density at radius 1 is 1.09 bits per heavy atom. The summed E-state index contributed by atoms with van der Waals surface area (Å²) in [5, 5.41) is 7.91. The van der Waals surface area contributed by atoms with Crippen LogP contribution in [0.25, 0.3) is 0 Å². The third-order valence-corrected chi connectivity index (χ3v) is 3.85. The molecule has 22 heavy (non-hydrogen) atoms. The van der Waals surface area contributed by atoms with Gasteiger partial charge in [-0.05, 0) is 48.3 Å². The SMILES string of the molecule is Fc1ccc(CNC(=S)N/N=C2/CCc3ccccc32)cc1. The van der Waals surface area contributed by atoms with Gasteiger partial charge >= 0.3 is 0 Å². The Bertz CT molecular complexity index is 710. The van der Waals surface area contributed by atoms with Crippen molar-refractivity contribution in [1.29, 1.82) is 0 Å². The fourth-order valence-corrected chi connectivity index (χ4v) is 2.58. The number of aryl methyl sites for hydroxylation is 1. The number of nitrogens with zero attached hydrogens (tertiary/aromatic N) is 1. The number of hydrogen-bond acceptors (Lipinski definition) is 2. The summed E-state index contributed by atoms with van der Waals surface area (Å²) >= 11 is 5.21. The molecule has 0 aromatic heterocycles. The fraction of sp³-hybridized carbons (Fsp3) is 0.176. The molecule has 0 heterocycles. The molecular weight excluding hydrogens is 297 g/mol. The Balaban J connectivity index is 1.55. The molecular formula is C17H16FN3S. The van der Waals surface area contributed by atoms with Crippen LogP contribution in [0.1, 0.15) is 23.1 Å². The smallest absolute Gasteiger partial charge is 0.187 e. The average Bonchev–Trinajstić information content (AvgIpc) is 2.96. The second-order valence-electron chi connectivity index (χ2n) is 5.14. The second-order valence-corrected chi connectivity index (χ2v) is 5.54. The minimum absolute atomic E-state index is 0.240. The van der Waals surface area contributed by atoms with Crippen molar-refractivity contribution in [3.05, 3.63) is 71.0 Å². The molecule has 1 aliphatic rings. The summed E-state index contributed by atoms with van der Waals surface area (Å²) in [6.45, 7) is 0.535. The van der Waals surface area contributed by atoms with Crippen LogP contribution < -0.4 is 10.7 Å². The summed E-state index contributed by atoms with van der Waals surface area (Å²) in [6.07, 6.45) is 1.94. The normalized spacial score (nSPS) is 14.7. The molecule has 2 aromatic rings. The van der Waals surface area contributed by atoms with E-state index in [1.165, 1.54) is 23.3 Å². The predicted molar refractivity (Wildman–Crippen MR) is 90.3 cm³/mol. The van der Waals surface area contributed by atoms with E-state index >= 15 is 0 Å². The van der Waals surface area contributed by atoms with Gasteiger partial charge in [-0.1, -0.05) is 36.4 Å². The van der Waals surface area contributed by atoms with Gasteiger partial charge in [0.05, 0.1) is 5.71 Å². The summed E-state index contributed by atoms with van der Waals surface area (Å²) in [5.74, 6) is -0.240. The minimum atomic E-state index is -0.240. The van der Waals surface area contributed by atoms with Gasteiger partial charge in [0, 0.05) is 12.1 Å². The van der Waals surface area contributed by atoms with Crippen LogP contribution in [-0.2, 0) is 13.0 Å². The zero-order chi connectivity index (χ0) is 15.4. The second kappa shape index (κ2) is 6.66. The van der Waals surface area contributed by atoms with Crippen molar-refractivity contribution >= 4 is 23.0 Å². The Hall–Kier alpha value is -2.27. The van der Waals surface area contributed by atoms with E-state index in [0.29, 0.717) is 11.7 Å². The van der Waals surface area contributed by atoms with Gasteiger partial charge < -0.3 is 5.32 Å². The number of benzene rings is 2. The first-order valence-electron chi connectivity index (χ1n) is 7.15. The lowest BCUT2D eigenvalue weighted by Crippen LogP contribution is -2.32. The Morgan fingerprint density at radius 3 is 2.68 bits per heavy atom. The molecule has 0 atom stereocenters. The van der Waals surface area contributed by atoms with Gasteiger partial charge in [-0.3, -0.25) is 5.43 Å². The summed E-state index contributed by atoms with van der Waals surface area (Å²) in [5.41, 5.74) is 7.39. The molecule has 1 aliphatic carbocycles. The summed E-state index contributed by atoms with van der Waals surface area (Å²) in [4.78, 5) is 0. The Morgan fingerprint density at radius 2 is 1.86 bits per heavy atom. The van der Waals surface area contributed by atoms with Crippen LogP contribution in [-0.4, -0.2) is 10.8 Å². The third-order valence-electron chi connectivity index (χ3n) is 3.62. The average molecular weight is 313 g/mol. The molecule has 3 nitrogen and oxygen atoms in total. The largest absolute Gasteiger partial charge is 0.357 e. The molecule has 0 amide bonds. The molecule has 0 saturated carbocycles. The lowest BCUT2D eigenvalue weighted by molar-refractivity contribution is 0.626. The highest BCUT2D eigenvalue weighted by atomic mass is 32.1. The molecule has 0 spiro atoms. The van der Waals surface area contributed by atoms with E-state index in [1.54, 1.807) is 12.1 Å². The first-order valence-corrected chi connectivity index (χ1v) is 7.56. The molecule has 3 rings (SSSR count). The lowest BCUT2D eigenvalue weighted by Gasteiger charge is -2.08. The van der Waals surface area contributed by atoms with Crippen LogP contribution in [0.3, 0.4) is 0 Å². The first-order chi connectivity index (χ1) is 10.7. The van der Waals surface area contributed by atoms with Crippen molar-refractivity contribution in [1.82, 2.24) is 10.7 Å². The van der Waals surface area contributed by atoms with E-state index in [-0.39, 0.29) is 5.82 Å². The van der Waals surface area contributed by atoms with Gasteiger partial charge in [0.15, 0.2) is 5.11 Å². The van der Waals surface area contributed by atoms with Crippen LogP contribution in [0, 0.1) is 5.82 Å². The first kappa shape index (κ1) is 14.7. The van der Waals surface area contributed by atoms with Gasteiger partial charge in [0.25, 0.3) is 0 Å². The van der Waals surface area contributed by atoms with Crippen molar-refractivity contribution in [3.63, 3.8) is 0 Å². The monoisotopic (exact) mass is 313 g/mol. The van der Waals surface area contributed by atoms with Crippen molar-refractivity contribution in [2.45, 2.75) is 19.4 Å². The van der Waals surface area contributed by atoms with E-state index in [4.69, 9.17) is 12.2 Å². The third kappa shape index (κ3) is 3.49. The zero-order valence-corrected chi connectivity index (χ0v) is 12.8. The maximum atomic E-state index is 12.8. The van der Waals surface area contributed by atoms with Crippen LogP contribution in [0.2, 0.25) is 0 Å². The molecule has 0 unspecified atom stereocenters. The van der Waals surface area contributed by atoms with E-state index < -0.39 is 0 Å². The van der Waals surface area contributed by atoms with Crippen LogP contribution >= 0.6 is 12.2 Å². The molecule has 2 N–H and O–H groups in total. The summed E-state index contributed by atoms with van der Waals surface area (Å²) in [7, 11) is 0. The van der Waals surface area contributed by atoms with Crippen LogP contribution in [0.15, 0.2) is 53.6 Å². The highest BCUT2D eigenvalue weighted by Crippen LogP contribution is 2.21. The number of nitrogens with one attached hydrogen (secondary N) is 2. The van der Waals surface area contributed by atoms with Crippen LogP contribution in [0.5, 0.6) is 0 Å². The number of hydrogen-bond donors (Lipinski definition) is 2. The number of thiocarbonyl (C=S) groups is 1. The maximum absolute atomic E-state index is 12.8. The van der Waals surface area contributed by atoms with Crippen molar-refractivity contribution in [2.75, 3.05) is 0 Å². The fourth-order valence-electron chi connectivity index (χ4n) is 2.47. The maximum Gasteiger partial charge on any atom is 0.187 e. The molecule has 0 radical (unpaired) electrons. The molecule has 2 aromatic carbocycles. The molecule has 0 fully saturated rings. The Kier molecular flexibility index (Phi) is 4.44. The van der Waals surface area contributed by atoms with Gasteiger partial charge in [-0.15, -0.1) is 0 Å². The molecule has 0 saturated heterocycles. The van der Waals surface area contributed by atoms with Gasteiger partial charge in [0.1, 0.15) is 5.82 Å². The topological polar surface area (TPSA) is 36.4 Å². The highest BCUT2D eigenvalue weighted by molar-refractivity contribution is 7.80. The number of hydrazone groups is 1. The molecule has 0 aliphatic heterocycles. The van der Waals surface area contributed by atoms with E-state index in [2.05, 4.69) is 28.0 Å². The van der Waals surface area contributed by atoms with Gasteiger partial charge in [0.2, 0.25) is 0 Å².